The zero-order valence-electron chi connectivity index (χ0n) is 15.4. The number of ether oxygens (including phenoxy) is 1. The van der Waals surface area contributed by atoms with Gasteiger partial charge in [-0.2, -0.15) is 0 Å². The van der Waals surface area contributed by atoms with Crippen LogP contribution < -0.4 is 10.5 Å². The van der Waals surface area contributed by atoms with Crippen molar-refractivity contribution in [2.75, 3.05) is 13.1 Å². The Labute approximate surface area is 161 Å². The Kier molecular flexibility index (Phi) is 7.00. The third-order valence-electron chi connectivity index (χ3n) is 4.52. The number of amides is 1. The molecule has 0 aliphatic carbocycles. The van der Waals surface area contributed by atoms with Gasteiger partial charge in [0.15, 0.2) is 0 Å². The number of carbonyl (C=O) groups is 3. The highest BCUT2D eigenvalue weighted by atomic mass is 16.5. The van der Waals surface area contributed by atoms with E-state index in [2.05, 4.69) is 0 Å². The van der Waals surface area contributed by atoms with Gasteiger partial charge in [0.1, 0.15) is 28.9 Å². The van der Waals surface area contributed by atoms with Gasteiger partial charge in [-0.25, -0.2) is 4.79 Å². The molecular weight excluding hydrogens is 371 g/mol. The van der Waals surface area contributed by atoms with Gasteiger partial charge in [0.05, 0.1) is 19.1 Å². The summed E-state index contributed by atoms with van der Waals surface area (Å²) in [6, 6.07) is 1.98. The van der Waals surface area contributed by atoms with Crippen molar-refractivity contribution < 1.29 is 39.4 Å². The van der Waals surface area contributed by atoms with Crippen LogP contribution in [0.4, 0.5) is 0 Å². The monoisotopic (exact) mass is 394 g/mol. The van der Waals surface area contributed by atoms with Gasteiger partial charge in [0, 0.05) is 6.42 Å². The first-order valence-electron chi connectivity index (χ1n) is 8.74. The normalized spacial score (nSPS) is 14.9. The van der Waals surface area contributed by atoms with E-state index in [9.17, 15) is 24.6 Å². The quantitative estimate of drug-likeness (QED) is 0.330. The summed E-state index contributed by atoms with van der Waals surface area (Å²) in [6.07, 6.45) is -0.546. The predicted octanol–water partition coefficient (Wildman–Crippen LogP) is -0.998. The van der Waals surface area contributed by atoms with Crippen molar-refractivity contribution in [2.45, 2.75) is 38.2 Å². The number of likely N-dealkylation sites (tertiary alicyclic amines) is 1. The number of hydrogen-bond acceptors (Lipinski definition) is 8. The van der Waals surface area contributed by atoms with Crippen molar-refractivity contribution in [2.24, 2.45) is 5.73 Å². The van der Waals surface area contributed by atoms with Gasteiger partial charge < -0.3 is 35.6 Å². The number of carbonyl (C=O) groups excluding carboxylic acids is 2. The van der Waals surface area contributed by atoms with Gasteiger partial charge in [0.25, 0.3) is 0 Å². The maximum Gasteiger partial charge on any atom is 0.451 e. The van der Waals surface area contributed by atoms with Gasteiger partial charge in [-0.1, -0.05) is 6.07 Å². The first kappa shape index (κ1) is 21.7. The van der Waals surface area contributed by atoms with Crippen LogP contribution in [0, 0.1) is 0 Å². The molecule has 1 aliphatic heterocycles. The summed E-state index contributed by atoms with van der Waals surface area (Å²) in [5.74, 6) is -2.50. The second kappa shape index (κ2) is 9.04. The molecule has 2 rings (SSSR count). The smallest absolute Gasteiger partial charge is 0.451 e. The molecular formula is C17H23BN2O8. The number of Topliss-reactive ketones (excluding diaryl/α,β-unsaturated/α-hetero) is 1. The van der Waals surface area contributed by atoms with Gasteiger partial charge in [-0.15, -0.1) is 0 Å². The van der Waals surface area contributed by atoms with Crippen molar-refractivity contribution in [3.8, 4) is 11.5 Å². The number of carboxylic acids is 1. The van der Waals surface area contributed by atoms with Crippen molar-refractivity contribution in [1.82, 2.24) is 4.90 Å². The van der Waals surface area contributed by atoms with Gasteiger partial charge >= 0.3 is 13.1 Å². The summed E-state index contributed by atoms with van der Waals surface area (Å²) >= 11 is 0. The molecule has 1 amide bonds. The van der Waals surface area contributed by atoms with Crippen LogP contribution in [-0.2, 0) is 16.0 Å². The summed E-state index contributed by atoms with van der Waals surface area (Å²) in [5.41, 5.74) is 5.40. The number of benzene rings is 1. The fourth-order valence-corrected chi connectivity index (χ4v) is 2.76. The van der Waals surface area contributed by atoms with Crippen LogP contribution in [0.3, 0.4) is 0 Å². The van der Waals surface area contributed by atoms with E-state index in [4.69, 9.17) is 20.5 Å². The number of carboxylic acid groups (broad SMARTS) is 1. The largest absolute Gasteiger partial charge is 0.507 e. The second-order valence-electron chi connectivity index (χ2n) is 6.73. The molecule has 1 fully saturated rings. The Balaban J connectivity index is 2.01. The maximum absolute atomic E-state index is 12.0. The molecule has 1 heterocycles. The summed E-state index contributed by atoms with van der Waals surface area (Å²) in [6.45, 7) is 1.73. The molecule has 152 valence electrons. The van der Waals surface area contributed by atoms with E-state index in [1.807, 2.05) is 0 Å². The lowest BCUT2D eigenvalue weighted by Gasteiger charge is -2.39. The molecule has 1 atom stereocenters. The molecule has 10 nitrogen and oxygen atoms in total. The van der Waals surface area contributed by atoms with E-state index in [1.165, 1.54) is 24.0 Å². The minimum absolute atomic E-state index is 0.0455. The average Bonchev–Trinajstić information content (AvgIpc) is 2.55. The molecule has 0 aromatic heterocycles. The van der Waals surface area contributed by atoms with Gasteiger partial charge in [-0.3, -0.25) is 9.59 Å². The lowest BCUT2D eigenvalue weighted by molar-refractivity contribution is -0.141. The highest BCUT2D eigenvalue weighted by Gasteiger charge is 2.34. The third-order valence-corrected chi connectivity index (χ3v) is 4.52. The zero-order chi connectivity index (χ0) is 21.0. The summed E-state index contributed by atoms with van der Waals surface area (Å²) < 4.78 is 5.61. The number of nitrogens with two attached hydrogens (primary N) is 1. The lowest BCUT2D eigenvalue weighted by atomic mass is 9.82. The fourth-order valence-electron chi connectivity index (χ4n) is 2.76. The highest BCUT2D eigenvalue weighted by Crippen LogP contribution is 2.34. The van der Waals surface area contributed by atoms with Crippen LogP contribution in [0.2, 0.25) is 6.32 Å². The number of nitrogens with zero attached hydrogens (tertiary/aromatic N) is 1. The van der Waals surface area contributed by atoms with Gasteiger partial charge in [-0.05, 0) is 31.3 Å². The Morgan fingerprint density at radius 1 is 1.32 bits per heavy atom. The zero-order valence-corrected chi connectivity index (χ0v) is 15.4. The molecule has 0 spiro atoms. The molecule has 6 N–H and O–H groups in total. The number of ketones is 1. The molecule has 11 heteroatoms. The minimum atomic E-state index is -1.57. The molecule has 0 unspecified atom stereocenters. The summed E-state index contributed by atoms with van der Waals surface area (Å²) in [7, 11) is -1.57. The molecule has 1 aliphatic rings. The van der Waals surface area contributed by atoms with Crippen LogP contribution in [0.15, 0.2) is 12.1 Å². The van der Waals surface area contributed by atoms with E-state index in [0.717, 1.165) is 0 Å². The number of phenols is 1. The van der Waals surface area contributed by atoms with Crippen molar-refractivity contribution in [3.05, 3.63) is 23.3 Å². The minimum Gasteiger partial charge on any atom is -0.507 e. The maximum atomic E-state index is 12.0. The van der Waals surface area contributed by atoms with Crippen LogP contribution in [0.25, 0.3) is 0 Å². The molecule has 0 bridgehead atoms. The molecule has 28 heavy (non-hydrogen) atoms. The number of rotatable bonds is 9. The lowest BCUT2D eigenvalue weighted by Crippen LogP contribution is -2.57. The molecule has 1 aromatic rings. The van der Waals surface area contributed by atoms with Crippen molar-refractivity contribution in [3.63, 3.8) is 0 Å². The van der Waals surface area contributed by atoms with Crippen molar-refractivity contribution in [1.29, 1.82) is 0 Å². The first-order valence-corrected chi connectivity index (χ1v) is 8.74. The van der Waals surface area contributed by atoms with Crippen LogP contribution in [-0.4, -0.2) is 75.2 Å². The SMILES string of the molecule is CC(=O)[C@@H](N)CC(=O)N1CC(Oc2ccc(CCB(O)O)c(O)c2C(=O)O)C1. The van der Waals surface area contributed by atoms with Crippen LogP contribution in [0.5, 0.6) is 11.5 Å². The Bertz CT molecular complexity index is 764. The number of hydrogen-bond donors (Lipinski definition) is 5. The van der Waals surface area contributed by atoms with Crippen LogP contribution >= 0.6 is 0 Å². The van der Waals surface area contributed by atoms with E-state index in [-0.39, 0.29) is 55.3 Å². The predicted molar refractivity (Wildman–Crippen MR) is 98.0 cm³/mol. The van der Waals surface area contributed by atoms with Gasteiger partial charge in [0.2, 0.25) is 5.91 Å². The standard InChI is InChI=1S/C17H23BN2O8/c1-9(21)12(19)6-14(22)20-7-11(8-20)28-13-3-2-10(4-5-18(26)27)16(23)15(13)17(24)25/h2-3,11-12,23,26-27H,4-8,19H2,1H3,(H,24,25)/t12-/m0/s1. The summed E-state index contributed by atoms with van der Waals surface area (Å²) in [4.78, 5) is 36.1. The number of aryl methyl sites for hydroxylation is 1. The molecule has 0 saturated carbocycles. The molecule has 1 saturated heterocycles. The van der Waals surface area contributed by atoms with E-state index in [0.29, 0.717) is 0 Å². The van der Waals surface area contributed by atoms with Crippen LogP contribution in [0.1, 0.15) is 29.3 Å². The van der Waals surface area contributed by atoms with Crippen molar-refractivity contribution >= 4 is 24.8 Å². The van der Waals surface area contributed by atoms with E-state index < -0.39 is 36.5 Å². The molecule has 0 radical (unpaired) electrons. The topological polar surface area (TPSA) is 171 Å². The third kappa shape index (κ3) is 5.21. The Hall–Kier alpha value is -2.63. The molecule has 1 aromatic carbocycles. The van der Waals surface area contributed by atoms with E-state index >= 15 is 0 Å². The van der Waals surface area contributed by atoms with E-state index in [1.54, 1.807) is 0 Å². The number of aromatic carboxylic acids is 1. The summed E-state index contributed by atoms with van der Waals surface area (Å²) in [5, 5.41) is 37.5. The Morgan fingerprint density at radius 3 is 2.50 bits per heavy atom. The fraction of sp³-hybridized carbons (Fsp3) is 0.471. The second-order valence-corrected chi connectivity index (χ2v) is 6.73. The number of aromatic hydroxyl groups is 1. The Morgan fingerprint density at radius 2 is 1.96 bits per heavy atom. The first-order chi connectivity index (χ1) is 13.1. The average molecular weight is 394 g/mol. The highest BCUT2D eigenvalue weighted by molar-refractivity contribution is 6.41.